The van der Waals surface area contributed by atoms with E-state index in [0.29, 0.717) is 0 Å². The molecule has 0 aliphatic rings. The Morgan fingerprint density at radius 3 is 2.32 bits per heavy atom. The van der Waals surface area contributed by atoms with Crippen LogP contribution in [0.25, 0.3) is 43.8 Å². The minimum atomic E-state index is 0.933. The molecule has 1 nitrogen and oxygen atoms in total. The van der Waals surface area contributed by atoms with Gasteiger partial charge < -0.3 is 4.42 Å². The molecule has 0 fully saturated rings. The van der Waals surface area contributed by atoms with Crippen LogP contribution >= 0.6 is 15.9 Å². The van der Waals surface area contributed by atoms with Gasteiger partial charge in [-0.1, -0.05) is 52.3 Å². The van der Waals surface area contributed by atoms with Gasteiger partial charge >= 0.3 is 0 Å². The Balaban J connectivity index is 1.78. The summed E-state index contributed by atoms with van der Waals surface area (Å²) in [7, 11) is 0. The molecule has 0 aliphatic heterocycles. The summed E-state index contributed by atoms with van der Waals surface area (Å²) in [5.74, 6) is 0. The molecule has 1 heterocycles. The molecule has 0 aliphatic carbocycles. The van der Waals surface area contributed by atoms with Gasteiger partial charge in [0.2, 0.25) is 0 Å². The molecule has 0 radical (unpaired) electrons. The van der Waals surface area contributed by atoms with Crippen LogP contribution in [0, 0.1) is 6.92 Å². The van der Waals surface area contributed by atoms with Crippen LogP contribution in [0.3, 0.4) is 0 Å². The maximum Gasteiger partial charge on any atom is 0.136 e. The lowest BCUT2D eigenvalue weighted by Gasteiger charge is -2.06. The zero-order chi connectivity index (χ0) is 17.0. The highest BCUT2D eigenvalue weighted by Gasteiger charge is 2.11. The Hall–Kier alpha value is -2.58. The van der Waals surface area contributed by atoms with Crippen molar-refractivity contribution in [3.63, 3.8) is 0 Å². The van der Waals surface area contributed by atoms with Crippen molar-refractivity contribution in [2.45, 2.75) is 6.92 Å². The fraction of sp³-hybridized carbons (Fsp3) is 0.0435. The average Bonchev–Trinajstić information content (AvgIpc) is 2.98. The van der Waals surface area contributed by atoms with Crippen molar-refractivity contribution in [2.24, 2.45) is 0 Å². The first-order chi connectivity index (χ1) is 12.2. The largest absolute Gasteiger partial charge is 0.456 e. The summed E-state index contributed by atoms with van der Waals surface area (Å²) in [6.45, 7) is 2.14. The van der Waals surface area contributed by atoms with Crippen molar-refractivity contribution in [1.82, 2.24) is 0 Å². The van der Waals surface area contributed by atoms with Gasteiger partial charge in [0.15, 0.2) is 0 Å². The summed E-state index contributed by atoms with van der Waals surface area (Å²) in [5, 5.41) is 4.78. The molecule has 0 amide bonds. The molecule has 0 bridgehead atoms. The molecule has 0 unspecified atom stereocenters. The van der Waals surface area contributed by atoms with E-state index in [1.54, 1.807) is 0 Å². The molecular weight excluding hydrogens is 372 g/mol. The second-order valence-corrected chi connectivity index (χ2v) is 7.38. The van der Waals surface area contributed by atoms with Crippen LogP contribution in [0.15, 0.2) is 81.7 Å². The highest BCUT2D eigenvalue weighted by Crippen LogP contribution is 2.35. The van der Waals surface area contributed by atoms with Crippen LogP contribution in [0.4, 0.5) is 0 Å². The summed E-state index contributed by atoms with van der Waals surface area (Å²) in [6, 6.07) is 25.6. The molecule has 4 aromatic carbocycles. The van der Waals surface area contributed by atoms with Gasteiger partial charge in [0.05, 0.1) is 0 Å². The van der Waals surface area contributed by atoms with E-state index < -0.39 is 0 Å². The van der Waals surface area contributed by atoms with E-state index in [2.05, 4.69) is 95.7 Å². The number of rotatable bonds is 1. The number of hydrogen-bond donors (Lipinski definition) is 0. The molecule has 0 atom stereocenters. The monoisotopic (exact) mass is 386 g/mol. The maximum absolute atomic E-state index is 6.18. The molecule has 0 spiro atoms. The molecule has 0 N–H and O–H groups in total. The van der Waals surface area contributed by atoms with Crippen LogP contribution in [0.5, 0.6) is 0 Å². The molecule has 5 aromatic rings. The molecule has 25 heavy (non-hydrogen) atoms. The van der Waals surface area contributed by atoms with Crippen LogP contribution < -0.4 is 0 Å². The minimum Gasteiger partial charge on any atom is -0.456 e. The number of furan rings is 1. The first-order valence-electron chi connectivity index (χ1n) is 8.31. The zero-order valence-corrected chi connectivity index (χ0v) is 15.3. The van der Waals surface area contributed by atoms with Gasteiger partial charge in [0, 0.05) is 15.2 Å². The number of aryl methyl sites for hydroxylation is 1. The van der Waals surface area contributed by atoms with Gasteiger partial charge in [0.25, 0.3) is 0 Å². The Labute approximate surface area is 154 Å². The van der Waals surface area contributed by atoms with Crippen molar-refractivity contribution < 1.29 is 4.42 Å². The van der Waals surface area contributed by atoms with Crippen LogP contribution in [0.1, 0.15) is 5.56 Å². The molecule has 2 heteroatoms. The predicted molar refractivity (Wildman–Crippen MR) is 109 cm³/mol. The van der Waals surface area contributed by atoms with E-state index in [9.17, 15) is 0 Å². The van der Waals surface area contributed by atoms with Gasteiger partial charge in [-0.2, -0.15) is 0 Å². The van der Waals surface area contributed by atoms with E-state index in [0.717, 1.165) is 21.0 Å². The van der Waals surface area contributed by atoms with Crippen LogP contribution in [-0.4, -0.2) is 0 Å². The molecule has 5 rings (SSSR count). The summed E-state index contributed by atoms with van der Waals surface area (Å²) in [6.07, 6.45) is 0. The summed E-state index contributed by atoms with van der Waals surface area (Å²) in [5.41, 5.74) is 5.53. The smallest absolute Gasteiger partial charge is 0.136 e. The van der Waals surface area contributed by atoms with Crippen molar-refractivity contribution >= 4 is 48.6 Å². The van der Waals surface area contributed by atoms with Crippen molar-refractivity contribution in [1.29, 1.82) is 0 Å². The number of fused-ring (bicyclic) bond motifs is 4. The summed E-state index contributed by atoms with van der Waals surface area (Å²) >= 11 is 3.57. The molecular formula is C23H15BrO. The normalized spacial score (nSPS) is 11.6. The quantitative estimate of drug-likeness (QED) is 0.291. The third kappa shape index (κ3) is 2.37. The molecule has 120 valence electrons. The summed E-state index contributed by atoms with van der Waals surface area (Å²) in [4.78, 5) is 0. The number of hydrogen-bond acceptors (Lipinski definition) is 1. The van der Waals surface area contributed by atoms with Gasteiger partial charge in [-0.3, -0.25) is 0 Å². The SMILES string of the molecule is Cc1ccc(Br)cc1-c1ccc2c(c1)oc1cc3ccccc3cc12. The Morgan fingerprint density at radius 1 is 0.720 bits per heavy atom. The fourth-order valence-corrected chi connectivity index (χ4v) is 3.90. The van der Waals surface area contributed by atoms with E-state index in [1.807, 2.05) is 0 Å². The highest BCUT2D eigenvalue weighted by atomic mass is 79.9. The van der Waals surface area contributed by atoms with Crippen molar-refractivity contribution in [3.8, 4) is 11.1 Å². The predicted octanol–water partition coefficient (Wildman–Crippen LogP) is 7.48. The van der Waals surface area contributed by atoms with E-state index >= 15 is 0 Å². The average molecular weight is 387 g/mol. The number of benzene rings is 4. The summed E-state index contributed by atoms with van der Waals surface area (Å²) < 4.78 is 7.27. The third-order valence-corrected chi connectivity index (χ3v) is 5.34. The second-order valence-electron chi connectivity index (χ2n) is 6.47. The second kappa shape index (κ2) is 5.47. The fourth-order valence-electron chi connectivity index (χ4n) is 3.53. The lowest BCUT2D eigenvalue weighted by atomic mass is 9.99. The Morgan fingerprint density at radius 2 is 1.48 bits per heavy atom. The Bertz CT molecular complexity index is 1260. The van der Waals surface area contributed by atoms with E-state index in [4.69, 9.17) is 4.42 Å². The standard InChI is InChI=1S/C23H15BrO/c1-14-6-8-18(24)13-20(14)17-7-9-19-21-10-15-4-2-3-5-16(15)11-23(21)25-22(19)12-17/h2-13H,1H3. The molecule has 0 saturated carbocycles. The minimum absolute atomic E-state index is 0.933. The first kappa shape index (κ1) is 14.7. The topological polar surface area (TPSA) is 13.1 Å². The lowest BCUT2D eigenvalue weighted by molar-refractivity contribution is 0.669. The van der Waals surface area contributed by atoms with Crippen molar-refractivity contribution in [2.75, 3.05) is 0 Å². The van der Waals surface area contributed by atoms with E-state index in [-0.39, 0.29) is 0 Å². The lowest BCUT2D eigenvalue weighted by Crippen LogP contribution is -1.83. The first-order valence-corrected chi connectivity index (χ1v) is 9.10. The molecule has 1 aromatic heterocycles. The van der Waals surface area contributed by atoms with Gasteiger partial charge in [-0.15, -0.1) is 0 Å². The number of halogens is 1. The van der Waals surface area contributed by atoms with Gasteiger partial charge in [-0.25, -0.2) is 0 Å². The highest BCUT2D eigenvalue weighted by molar-refractivity contribution is 9.10. The maximum atomic E-state index is 6.18. The zero-order valence-electron chi connectivity index (χ0n) is 13.7. The van der Waals surface area contributed by atoms with Crippen LogP contribution in [0.2, 0.25) is 0 Å². The van der Waals surface area contributed by atoms with E-state index in [1.165, 1.54) is 32.8 Å². The van der Waals surface area contributed by atoms with Crippen LogP contribution in [-0.2, 0) is 0 Å². The third-order valence-electron chi connectivity index (χ3n) is 4.85. The molecule has 0 saturated heterocycles. The van der Waals surface area contributed by atoms with Crippen molar-refractivity contribution in [3.05, 3.63) is 82.8 Å². The Kier molecular flexibility index (Phi) is 3.22. The van der Waals surface area contributed by atoms with Gasteiger partial charge in [-0.05, 0) is 70.8 Å². The van der Waals surface area contributed by atoms with Gasteiger partial charge in [0.1, 0.15) is 11.2 Å².